The molecule has 0 aliphatic rings. The number of carbonyl (C=O) groups is 2. The third-order valence-electron chi connectivity index (χ3n) is 13.1. The van der Waals surface area contributed by atoms with Crippen LogP contribution in [0, 0.1) is 0 Å². The topological polar surface area (TPSA) is 95.9 Å². The summed E-state index contributed by atoms with van der Waals surface area (Å²) in [5, 5.41) is 23.9. The Kier molecular flexibility index (Phi) is 49.5. The number of rotatable bonds is 51. The first kappa shape index (κ1) is 60.6. The van der Waals surface area contributed by atoms with Crippen molar-refractivity contribution in [1.29, 1.82) is 0 Å². The number of esters is 1. The molecule has 0 radical (unpaired) electrons. The van der Waals surface area contributed by atoms with Crippen molar-refractivity contribution in [3.8, 4) is 0 Å². The first-order chi connectivity index (χ1) is 30.5. The molecule has 6 nitrogen and oxygen atoms in total. The average molecular weight is 876 g/mol. The zero-order valence-electron chi connectivity index (χ0n) is 42.0. The molecule has 3 N–H and O–H groups in total. The lowest BCUT2D eigenvalue weighted by atomic mass is 10.0. The Bertz CT molecular complexity index is 939. The number of aliphatic hydroxyl groups is 2. The number of hydrogen-bond donors (Lipinski definition) is 3. The number of amides is 1. The second-order valence-electron chi connectivity index (χ2n) is 19.3. The summed E-state index contributed by atoms with van der Waals surface area (Å²) in [5.41, 5.74) is 0. The van der Waals surface area contributed by atoms with Crippen LogP contribution in [0.4, 0.5) is 0 Å². The lowest BCUT2D eigenvalue weighted by Crippen LogP contribution is -2.46. The number of unbranched alkanes of at least 4 members (excludes halogenated alkanes) is 37. The zero-order valence-corrected chi connectivity index (χ0v) is 42.0. The number of hydrogen-bond acceptors (Lipinski definition) is 5. The van der Waals surface area contributed by atoms with Crippen LogP contribution in [0.5, 0.6) is 0 Å². The Labute approximate surface area is 387 Å². The Morgan fingerprint density at radius 2 is 0.774 bits per heavy atom. The summed E-state index contributed by atoms with van der Waals surface area (Å²) in [4.78, 5) is 26.2. The summed E-state index contributed by atoms with van der Waals surface area (Å²) in [7, 11) is 0. The van der Waals surface area contributed by atoms with Crippen LogP contribution in [0.3, 0.4) is 0 Å². The van der Waals surface area contributed by atoms with Crippen molar-refractivity contribution >= 4 is 11.9 Å². The predicted molar refractivity (Wildman–Crippen MR) is 269 cm³/mol. The monoisotopic (exact) mass is 876 g/mol. The van der Waals surface area contributed by atoms with E-state index in [2.05, 4.69) is 38.2 Å². The Hall–Kier alpha value is -1.40. The first-order valence-electron chi connectivity index (χ1n) is 27.9. The second-order valence-corrected chi connectivity index (χ2v) is 19.3. The molecule has 3 atom stereocenters. The summed E-state index contributed by atoms with van der Waals surface area (Å²) < 4.78 is 5.94. The Morgan fingerprint density at radius 3 is 1.15 bits per heavy atom. The van der Waals surface area contributed by atoms with E-state index in [1.807, 2.05) is 0 Å². The van der Waals surface area contributed by atoms with Crippen molar-refractivity contribution in [3.63, 3.8) is 0 Å². The summed E-state index contributed by atoms with van der Waals surface area (Å²) in [5.74, 6) is -0.473. The molecule has 0 aliphatic carbocycles. The van der Waals surface area contributed by atoms with Gasteiger partial charge in [0.15, 0.2) is 0 Å². The summed E-state index contributed by atoms with van der Waals surface area (Å²) in [6, 6.07) is -0.698. The number of aliphatic hydroxyl groups excluding tert-OH is 2. The lowest BCUT2D eigenvalue weighted by Gasteiger charge is -2.24. The van der Waals surface area contributed by atoms with E-state index >= 15 is 0 Å². The van der Waals surface area contributed by atoms with Gasteiger partial charge in [0.2, 0.25) is 5.91 Å². The van der Waals surface area contributed by atoms with Gasteiger partial charge in [0, 0.05) is 6.42 Å². The van der Waals surface area contributed by atoms with E-state index in [0.29, 0.717) is 19.3 Å². The number of carbonyl (C=O) groups excluding carboxylic acids is 2. The summed E-state index contributed by atoms with van der Waals surface area (Å²) >= 11 is 0. The van der Waals surface area contributed by atoms with Crippen molar-refractivity contribution in [3.05, 3.63) is 12.2 Å². The van der Waals surface area contributed by atoms with E-state index in [9.17, 15) is 19.8 Å². The fourth-order valence-corrected chi connectivity index (χ4v) is 8.84. The van der Waals surface area contributed by atoms with Gasteiger partial charge in [-0.25, -0.2) is 0 Å². The van der Waals surface area contributed by atoms with Gasteiger partial charge in [-0.2, -0.15) is 0 Å². The molecule has 368 valence electrons. The molecule has 6 heteroatoms. The van der Waals surface area contributed by atoms with Crippen molar-refractivity contribution in [2.45, 2.75) is 328 Å². The maximum atomic E-state index is 13.2. The van der Waals surface area contributed by atoms with Crippen molar-refractivity contribution in [1.82, 2.24) is 5.32 Å². The van der Waals surface area contributed by atoms with E-state index in [0.717, 1.165) is 51.4 Å². The second kappa shape index (κ2) is 50.6. The molecule has 0 aromatic rings. The van der Waals surface area contributed by atoms with Crippen LogP contribution in [0.25, 0.3) is 0 Å². The molecule has 0 spiro atoms. The Morgan fingerprint density at radius 1 is 0.452 bits per heavy atom. The van der Waals surface area contributed by atoms with E-state index in [4.69, 9.17) is 4.74 Å². The molecule has 0 aromatic heterocycles. The largest absolute Gasteiger partial charge is 0.462 e. The van der Waals surface area contributed by atoms with Crippen LogP contribution >= 0.6 is 0 Å². The molecule has 0 bridgehead atoms. The van der Waals surface area contributed by atoms with Crippen LogP contribution < -0.4 is 5.32 Å². The minimum Gasteiger partial charge on any atom is -0.462 e. The van der Waals surface area contributed by atoms with Crippen LogP contribution in [-0.4, -0.2) is 46.9 Å². The molecule has 0 aliphatic heterocycles. The molecule has 0 aromatic carbocycles. The van der Waals surface area contributed by atoms with E-state index in [1.165, 1.54) is 212 Å². The highest BCUT2D eigenvalue weighted by Gasteiger charge is 2.24. The highest BCUT2D eigenvalue weighted by molar-refractivity contribution is 5.77. The molecular formula is C56H109NO5. The maximum Gasteiger partial charge on any atom is 0.306 e. The highest BCUT2D eigenvalue weighted by atomic mass is 16.5. The van der Waals surface area contributed by atoms with Gasteiger partial charge in [-0.3, -0.25) is 9.59 Å². The van der Waals surface area contributed by atoms with Gasteiger partial charge in [-0.05, 0) is 51.4 Å². The van der Waals surface area contributed by atoms with Gasteiger partial charge in [0.25, 0.3) is 0 Å². The van der Waals surface area contributed by atoms with Gasteiger partial charge >= 0.3 is 5.97 Å². The SMILES string of the molecule is CCCCCCCC/C=C\CCCCCC(=O)OC(CCCCCCCCCCCCCCC)CC(=O)NC(CO)C(O)CCCCCCCCCCCCCCCCCCC. The van der Waals surface area contributed by atoms with Gasteiger partial charge in [-0.1, -0.05) is 258 Å². The van der Waals surface area contributed by atoms with Crippen molar-refractivity contribution in [2.75, 3.05) is 6.61 Å². The first-order valence-corrected chi connectivity index (χ1v) is 27.9. The average Bonchev–Trinajstić information content (AvgIpc) is 3.26. The zero-order chi connectivity index (χ0) is 45.2. The van der Waals surface area contributed by atoms with Crippen LogP contribution in [0.2, 0.25) is 0 Å². The minimum atomic E-state index is -0.784. The minimum absolute atomic E-state index is 0.0791. The fraction of sp³-hybridized carbons (Fsp3) is 0.929. The van der Waals surface area contributed by atoms with E-state index in [1.54, 1.807) is 0 Å². The van der Waals surface area contributed by atoms with E-state index < -0.39 is 18.2 Å². The molecule has 62 heavy (non-hydrogen) atoms. The van der Waals surface area contributed by atoms with Gasteiger partial charge < -0.3 is 20.3 Å². The standard InChI is InChI=1S/C56H109NO5/c1-4-7-10-13-16-19-22-25-26-27-28-31-33-36-39-42-45-48-54(59)53(51-58)57-55(60)50-52(47-44-41-38-35-32-29-23-20-17-14-11-8-5-2)62-56(61)49-46-43-40-37-34-30-24-21-18-15-12-9-6-3/h30,34,52-54,58-59H,4-29,31-33,35-51H2,1-3H3,(H,57,60)/b34-30-. The number of nitrogens with one attached hydrogen (secondary N) is 1. The fourth-order valence-electron chi connectivity index (χ4n) is 8.84. The smallest absolute Gasteiger partial charge is 0.306 e. The molecular weight excluding hydrogens is 767 g/mol. The number of ether oxygens (including phenoxy) is 1. The molecule has 1 amide bonds. The number of allylic oxidation sites excluding steroid dienone is 2. The van der Waals surface area contributed by atoms with Crippen LogP contribution in [0.15, 0.2) is 12.2 Å². The normalized spacial score (nSPS) is 13.2. The Balaban J connectivity index is 4.48. The van der Waals surface area contributed by atoms with Crippen molar-refractivity contribution in [2.24, 2.45) is 0 Å². The highest BCUT2D eigenvalue weighted by Crippen LogP contribution is 2.19. The molecule has 0 heterocycles. The lowest BCUT2D eigenvalue weighted by molar-refractivity contribution is -0.151. The quantitative estimate of drug-likeness (QED) is 0.0321. The van der Waals surface area contributed by atoms with Gasteiger partial charge in [-0.15, -0.1) is 0 Å². The predicted octanol–water partition coefficient (Wildman–Crippen LogP) is 16.9. The maximum absolute atomic E-state index is 13.2. The third-order valence-corrected chi connectivity index (χ3v) is 13.1. The molecule has 0 saturated heterocycles. The summed E-state index contributed by atoms with van der Waals surface area (Å²) in [6.07, 6.45) is 57.0. The van der Waals surface area contributed by atoms with Crippen molar-refractivity contribution < 1.29 is 24.5 Å². The molecule has 0 rings (SSSR count). The summed E-state index contributed by atoms with van der Waals surface area (Å²) in [6.45, 7) is 6.51. The van der Waals surface area contributed by atoms with Crippen LogP contribution in [-0.2, 0) is 14.3 Å². The van der Waals surface area contributed by atoms with E-state index in [-0.39, 0.29) is 24.9 Å². The van der Waals surface area contributed by atoms with Crippen LogP contribution in [0.1, 0.15) is 310 Å². The van der Waals surface area contributed by atoms with Gasteiger partial charge in [0.05, 0.1) is 25.2 Å². The molecule has 3 unspecified atom stereocenters. The molecule has 0 saturated carbocycles. The third kappa shape index (κ3) is 45.2. The molecule has 0 fully saturated rings. The van der Waals surface area contributed by atoms with Gasteiger partial charge in [0.1, 0.15) is 6.10 Å².